The van der Waals surface area contributed by atoms with Gasteiger partial charge in [-0.15, -0.1) is 0 Å². The third-order valence-electron chi connectivity index (χ3n) is 4.38. The highest BCUT2D eigenvalue weighted by Crippen LogP contribution is 2.08. The zero-order valence-electron chi connectivity index (χ0n) is 13.7. The van der Waals surface area contributed by atoms with E-state index < -0.39 is 0 Å². The van der Waals surface area contributed by atoms with Crippen molar-refractivity contribution in [1.29, 1.82) is 0 Å². The Hall–Kier alpha value is -1.68. The molecule has 0 unspecified atom stereocenters. The third kappa shape index (κ3) is 5.47. The molecule has 0 radical (unpaired) electrons. The van der Waals surface area contributed by atoms with Crippen LogP contribution in [0.3, 0.4) is 0 Å². The lowest BCUT2D eigenvalue weighted by molar-refractivity contribution is 0.0667. The average molecular weight is 310 g/mol. The first-order valence-corrected chi connectivity index (χ1v) is 8.50. The summed E-state index contributed by atoms with van der Waals surface area (Å²) in [5.41, 5.74) is 2.66. The highest BCUT2D eigenvalue weighted by molar-refractivity contribution is 5.14. The molecule has 0 atom stereocenters. The van der Waals surface area contributed by atoms with E-state index >= 15 is 0 Å². The van der Waals surface area contributed by atoms with Crippen molar-refractivity contribution in [2.75, 3.05) is 39.3 Å². The molecule has 1 aliphatic rings. The molecule has 0 N–H and O–H groups in total. The molecule has 3 heteroatoms. The molecule has 0 bridgehead atoms. The van der Waals surface area contributed by atoms with Crippen LogP contribution in [0.4, 0.5) is 0 Å². The van der Waals surface area contributed by atoms with Crippen LogP contribution >= 0.6 is 0 Å². The Morgan fingerprint density at radius 2 is 1.26 bits per heavy atom. The van der Waals surface area contributed by atoms with Gasteiger partial charge < -0.3 is 4.74 Å². The Morgan fingerprint density at radius 3 is 1.91 bits per heavy atom. The van der Waals surface area contributed by atoms with Gasteiger partial charge in [0.2, 0.25) is 0 Å². The molecule has 3 nitrogen and oxygen atoms in total. The van der Waals surface area contributed by atoms with Gasteiger partial charge in [-0.1, -0.05) is 60.7 Å². The van der Waals surface area contributed by atoms with E-state index in [1.54, 1.807) is 0 Å². The molecule has 0 saturated carbocycles. The SMILES string of the molecule is c1ccc(COCCN2CCN(Cc3ccccc3)CC2)cc1. The summed E-state index contributed by atoms with van der Waals surface area (Å²) in [6.07, 6.45) is 0. The third-order valence-corrected chi connectivity index (χ3v) is 4.38. The second-order valence-corrected chi connectivity index (χ2v) is 6.14. The first-order chi connectivity index (χ1) is 11.4. The Balaban J connectivity index is 1.30. The predicted molar refractivity (Wildman–Crippen MR) is 94.3 cm³/mol. The Bertz CT molecular complexity index is 548. The lowest BCUT2D eigenvalue weighted by Gasteiger charge is -2.34. The van der Waals surface area contributed by atoms with E-state index in [9.17, 15) is 0 Å². The minimum absolute atomic E-state index is 0.717. The number of hydrogen-bond acceptors (Lipinski definition) is 3. The standard InChI is InChI=1S/C20H26N2O/c1-3-7-19(8-4-1)17-22-13-11-21(12-14-22)15-16-23-18-20-9-5-2-6-10-20/h1-10H,11-18H2. The molecule has 122 valence electrons. The number of ether oxygens (including phenoxy) is 1. The molecule has 2 aromatic carbocycles. The molecule has 0 aliphatic carbocycles. The maximum Gasteiger partial charge on any atom is 0.0717 e. The molecule has 1 saturated heterocycles. The minimum Gasteiger partial charge on any atom is -0.375 e. The molecule has 1 fully saturated rings. The van der Waals surface area contributed by atoms with Gasteiger partial charge in [0.25, 0.3) is 0 Å². The van der Waals surface area contributed by atoms with Crippen LogP contribution in [0.15, 0.2) is 60.7 Å². The fourth-order valence-corrected chi connectivity index (χ4v) is 2.97. The normalized spacial score (nSPS) is 16.5. The molecule has 23 heavy (non-hydrogen) atoms. The van der Waals surface area contributed by atoms with Gasteiger partial charge in [-0.25, -0.2) is 0 Å². The molecular weight excluding hydrogens is 284 g/mol. The van der Waals surface area contributed by atoms with E-state index in [1.165, 1.54) is 11.1 Å². The zero-order valence-corrected chi connectivity index (χ0v) is 13.7. The van der Waals surface area contributed by atoms with E-state index in [2.05, 4.69) is 64.4 Å². The molecule has 3 rings (SSSR count). The predicted octanol–water partition coefficient (Wildman–Crippen LogP) is 3.02. The smallest absolute Gasteiger partial charge is 0.0717 e. The van der Waals surface area contributed by atoms with Gasteiger partial charge in [0.05, 0.1) is 13.2 Å². The highest BCUT2D eigenvalue weighted by Gasteiger charge is 2.16. The Labute approximate surface area is 139 Å². The van der Waals surface area contributed by atoms with Crippen molar-refractivity contribution in [2.45, 2.75) is 13.2 Å². The summed E-state index contributed by atoms with van der Waals surface area (Å²) in [6, 6.07) is 21.1. The second-order valence-electron chi connectivity index (χ2n) is 6.14. The van der Waals surface area contributed by atoms with Crippen LogP contribution in [0, 0.1) is 0 Å². The summed E-state index contributed by atoms with van der Waals surface area (Å²) < 4.78 is 5.79. The van der Waals surface area contributed by atoms with Crippen LogP contribution in [-0.4, -0.2) is 49.1 Å². The van der Waals surface area contributed by atoms with Crippen LogP contribution < -0.4 is 0 Å². The molecule has 2 aromatic rings. The zero-order chi connectivity index (χ0) is 15.7. The number of piperazine rings is 1. The van der Waals surface area contributed by atoms with Crippen LogP contribution in [0.2, 0.25) is 0 Å². The molecule has 1 heterocycles. The van der Waals surface area contributed by atoms with Gasteiger partial charge in [-0.3, -0.25) is 9.80 Å². The van der Waals surface area contributed by atoms with Crippen molar-refractivity contribution in [3.05, 3.63) is 71.8 Å². The molecule has 1 aliphatic heterocycles. The first-order valence-electron chi connectivity index (χ1n) is 8.50. The summed E-state index contributed by atoms with van der Waals surface area (Å²) in [5.74, 6) is 0. The maximum atomic E-state index is 5.79. The largest absolute Gasteiger partial charge is 0.375 e. The maximum absolute atomic E-state index is 5.79. The number of nitrogens with zero attached hydrogens (tertiary/aromatic N) is 2. The quantitative estimate of drug-likeness (QED) is 0.731. The van der Waals surface area contributed by atoms with Gasteiger partial charge in [0.1, 0.15) is 0 Å². The van der Waals surface area contributed by atoms with Crippen molar-refractivity contribution >= 4 is 0 Å². The van der Waals surface area contributed by atoms with E-state index in [4.69, 9.17) is 4.74 Å². The lowest BCUT2D eigenvalue weighted by atomic mass is 10.2. The van der Waals surface area contributed by atoms with Crippen molar-refractivity contribution in [3.8, 4) is 0 Å². The summed E-state index contributed by atoms with van der Waals surface area (Å²) in [5, 5.41) is 0. The topological polar surface area (TPSA) is 15.7 Å². The van der Waals surface area contributed by atoms with E-state index in [0.29, 0.717) is 0 Å². The van der Waals surface area contributed by atoms with E-state index in [-0.39, 0.29) is 0 Å². The highest BCUT2D eigenvalue weighted by atomic mass is 16.5. The fraction of sp³-hybridized carbons (Fsp3) is 0.400. The summed E-state index contributed by atoms with van der Waals surface area (Å²) in [7, 11) is 0. The summed E-state index contributed by atoms with van der Waals surface area (Å²) >= 11 is 0. The van der Waals surface area contributed by atoms with Crippen molar-refractivity contribution in [1.82, 2.24) is 9.80 Å². The molecule has 0 aromatic heterocycles. The van der Waals surface area contributed by atoms with Gasteiger partial charge in [0, 0.05) is 39.3 Å². The number of hydrogen-bond donors (Lipinski definition) is 0. The van der Waals surface area contributed by atoms with Gasteiger partial charge in [0.15, 0.2) is 0 Å². The number of benzene rings is 2. The van der Waals surface area contributed by atoms with Crippen LogP contribution in [0.25, 0.3) is 0 Å². The monoisotopic (exact) mass is 310 g/mol. The van der Waals surface area contributed by atoms with Gasteiger partial charge >= 0.3 is 0 Å². The summed E-state index contributed by atoms with van der Waals surface area (Å²) in [6.45, 7) is 8.21. The number of rotatable bonds is 7. The average Bonchev–Trinajstić information content (AvgIpc) is 2.62. The molecule has 0 spiro atoms. The minimum atomic E-state index is 0.717. The summed E-state index contributed by atoms with van der Waals surface area (Å²) in [4.78, 5) is 5.04. The van der Waals surface area contributed by atoms with Gasteiger partial charge in [-0.2, -0.15) is 0 Å². The first kappa shape index (κ1) is 16.2. The van der Waals surface area contributed by atoms with Crippen LogP contribution in [0.5, 0.6) is 0 Å². The second kappa shape index (κ2) is 8.82. The van der Waals surface area contributed by atoms with Crippen molar-refractivity contribution in [3.63, 3.8) is 0 Å². The molecular formula is C20H26N2O. The van der Waals surface area contributed by atoms with Crippen LogP contribution in [-0.2, 0) is 17.9 Å². The fourth-order valence-electron chi connectivity index (χ4n) is 2.97. The van der Waals surface area contributed by atoms with Crippen molar-refractivity contribution < 1.29 is 4.74 Å². The van der Waals surface area contributed by atoms with Gasteiger partial charge in [-0.05, 0) is 11.1 Å². The van der Waals surface area contributed by atoms with Crippen LogP contribution in [0.1, 0.15) is 11.1 Å². The molecule has 0 amide bonds. The van der Waals surface area contributed by atoms with Crippen molar-refractivity contribution in [2.24, 2.45) is 0 Å². The lowest BCUT2D eigenvalue weighted by Crippen LogP contribution is -2.46. The van der Waals surface area contributed by atoms with E-state index in [1.807, 2.05) is 6.07 Å². The van der Waals surface area contributed by atoms with E-state index in [0.717, 1.165) is 52.5 Å². The Morgan fingerprint density at radius 1 is 0.696 bits per heavy atom. The Kier molecular flexibility index (Phi) is 6.21.